The zero-order chi connectivity index (χ0) is 15.1. The van der Waals surface area contributed by atoms with Crippen molar-refractivity contribution in [1.29, 1.82) is 0 Å². The molecule has 21 heavy (non-hydrogen) atoms. The molecule has 1 aromatic carbocycles. The fraction of sp³-hybridized carbons (Fsp3) is 0.143. The Bertz CT molecular complexity index is 757. The maximum atomic E-state index is 12.3. The van der Waals surface area contributed by atoms with Gasteiger partial charge in [-0.1, -0.05) is 40.9 Å². The van der Waals surface area contributed by atoms with Crippen molar-refractivity contribution in [3.63, 3.8) is 0 Å². The number of benzene rings is 1. The number of rotatable bonds is 3. The first kappa shape index (κ1) is 14.9. The lowest BCUT2D eigenvalue weighted by Gasteiger charge is -2.16. The fourth-order valence-electron chi connectivity index (χ4n) is 2.26. The van der Waals surface area contributed by atoms with Crippen LogP contribution < -0.4 is 4.90 Å². The number of thiophene rings is 1. The highest BCUT2D eigenvalue weighted by molar-refractivity contribution is 7.20. The third-order valence-corrected chi connectivity index (χ3v) is 4.96. The molecule has 108 valence electrons. The quantitative estimate of drug-likeness (QED) is 0.757. The van der Waals surface area contributed by atoms with Gasteiger partial charge in [0.05, 0.1) is 22.9 Å². The monoisotopic (exact) mass is 359 g/mol. The molecular weight excluding hydrogens is 353 g/mol. The number of carbonyl (C=O) groups excluding carboxylic acids is 2. The van der Waals surface area contributed by atoms with Gasteiger partial charge < -0.3 is 4.90 Å². The van der Waals surface area contributed by atoms with Crippen LogP contribution in [0.1, 0.15) is 15.9 Å². The zero-order valence-electron chi connectivity index (χ0n) is 10.5. The Morgan fingerprint density at radius 3 is 2.67 bits per heavy atom. The zero-order valence-corrected chi connectivity index (χ0v) is 13.6. The third kappa shape index (κ3) is 2.81. The van der Waals surface area contributed by atoms with Crippen molar-refractivity contribution in [2.75, 3.05) is 11.4 Å². The molecule has 0 unspecified atom stereocenters. The second-order valence-corrected chi connectivity index (χ2v) is 7.31. The summed E-state index contributed by atoms with van der Waals surface area (Å²) >= 11 is 18.9. The first-order chi connectivity index (χ1) is 9.95. The van der Waals surface area contributed by atoms with Crippen LogP contribution in [0.25, 0.3) is 0 Å². The van der Waals surface area contributed by atoms with Gasteiger partial charge in [-0.15, -0.1) is 11.3 Å². The van der Waals surface area contributed by atoms with Gasteiger partial charge in [0.25, 0.3) is 0 Å². The van der Waals surface area contributed by atoms with E-state index in [4.69, 9.17) is 34.8 Å². The Morgan fingerprint density at radius 2 is 2.00 bits per heavy atom. The van der Waals surface area contributed by atoms with E-state index in [0.29, 0.717) is 24.9 Å². The van der Waals surface area contributed by atoms with Gasteiger partial charge in [0.1, 0.15) is 4.34 Å². The molecule has 0 radical (unpaired) electrons. The number of halogens is 3. The van der Waals surface area contributed by atoms with Crippen molar-refractivity contribution in [1.82, 2.24) is 0 Å². The van der Waals surface area contributed by atoms with Crippen LogP contribution in [0.5, 0.6) is 0 Å². The van der Waals surface area contributed by atoms with Crippen LogP contribution in [0.2, 0.25) is 13.7 Å². The topological polar surface area (TPSA) is 37.4 Å². The Hall–Kier alpha value is -1.07. The van der Waals surface area contributed by atoms with Crippen molar-refractivity contribution in [3.05, 3.63) is 49.1 Å². The number of amides is 1. The first-order valence-electron chi connectivity index (χ1n) is 6.02. The van der Waals surface area contributed by atoms with Gasteiger partial charge in [-0.25, -0.2) is 0 Å². The smallest absolute Gasteiger partial charge is 0.231 e. The number of carbonyl (C=O) groups is 2. The van der Waals surface area contributed by atoms with Crippen LogP contribution in [0, 0.1) is 0 Å². The maximum absolute atomic E-state index is 12.3. The van der Waals surface area contributed by atoms with Crippen LogP contribution in [-0.4, -0.2) is 18.2 Å². The van der Waals surface area contributed by atoms with Gasteiger partial charge in [0.15, 0.2) is 5.78 Å². The van der Waals surface area contributed by atoms with Crippen LogP contribution in [-0.2, 0) is 11.2 Å². The second kappa shape index (κ2) is 5.61. The van der Waals surface area contributed by atoms with E-state index in [0.717, 1.165) is 16.9 Å². The van der Waals surface area contributed by atoms with Gasteiger partial charge in [-0.05, 0) is 23.8 Å². The normalized spacial score (nSPS) is 13.7. The number of hydrogen-bond donors (Lipinski definition) is 0. The van der Waals surface area contributed by atoms with Crippen molar-refractivity contribution in [3.8, 4) is 0 Å². The SMILES string of the molecule is O=C(CN1C(=O)Cc2ccc(Cl)cc21)c1cc(Cl)sc1Cl. The summed E-state index contributed by atoms with van der Waals surface area (Å²) in [5.41, 5.74) is 1.89. The minimum Gasteiger partial charge on any atom is -0.304 e. The molecule has 0 saturated carbocycles. The largest absolute Gasteiger partial charge is 0.304 e. The highest BCUT2D eigenvalue weighted by Gasteiger charge is 2.30. The number of ketones is 1. The van der Waals surface area contributed by atoms with Gasteiger partial charge >= 0.3 is 0 Å². The first-order valence-corrected chi connectivity index (χ1v) is 7.97. The van der Waals surface area contributed by atoms with E-state index in [1.165, 1.54) is 11.0 Å². The summed E-state index contributed by atoms with van der Waals surface area (Å²) in [6.45, 7) is -0.0705. The Morgan fingerprint density at radius 1 is 1.24 bits per heavy atom. The highest BCUT2D eigenvalue weighted by Crippen LogP contribution is 2.34. The van der Waals surface area contributed by atoms with E-state index >= 15 is 0 Å². The molecule has 1 aromatic heterocycles. The van der Waals surface area contributed by atoms with E-state index in [-0.39, 0.29) is 24.7 Å². The predicted molar refractivity (Wildman–Crippen MR) is 86.2 cm³/mol. The Balaban J connectivity index is 1.89. The molecule has 0 atom stereocenters. The summed E-state index contributed by atoms with van der Waals surface area (Å²) in [4.78, 5) is 25.8. The van der Waals surface area contributed by atoms with Gasteiger partial charge in [-0.2, -0.15) is 0 Å². The Labute approximate surface area is 140 Å². The number of anilines is 1. The fourth-order valence-corrected chi connectivity index (χ4v) is 3.93. The predicted octanol–water partition coefficient (Wildman–Crippen LogP) is 4.48. The molecule has 2 heterocycles. The summed E-state index contributed by atoms with van der Waals surface area (Å²) < 4.78 is 0.780. The van der Waals surface area contributed by atoms with Crippen LogP contribution in [0.15, 0.2) is 24.3 Å². The minimum atomic E-state index is -0.246. The molecule has 1 aliphatic heterocycles. The molecule has 1 amide bonds. The van der Waals surface area contributed by atoms with E-state index in [9.17, 15) is 9.59 Å². The minimum absolute atomic E-state index is 0.0705. The molecule has 7 heteroatoms. The number of Topliss-reactive ketones (excluding diaryl/α,β-unsaturated/α-hetero) is 1. The van der Waals surface area contributed by atoms with E-state index in [1.54, 1.807) is 18.2 Å². The highest BCUT2D eigenvalue weighted by atomic mass is 35.5. The van der Waals surface area contributed by atoms with Gasteiger partial charge in [0, 0.05) is 10.7 Å². The molecule has 1 aliphatic rings. The van der Waals surface area contributed by atoms with Crippen LogP contribution in [0.3, 0.4) is 0 Å². The molecule has 2 aromatic rings. The molecule has 0 N–H and O–H groups in total. The van der Waals surface area contributed by atoms with Crippen molar-refractivity contribution >= 4 is 63.5 Å². The number of fused-ring (bicyclic) bond motifs is 1. The standard InChI is InChI=1S/C14H8Cl3NO2S/c15-8-2-1-7-3-13(20)18(10(7)4-8)6-11(19)9-5-12(16)21-14(9)17/h1-2,4-5H,3,6H2. The van der Waals surface area contributed by atoms with E-state index < -0.39 is 0 Å². The molecule has 0 spiro atoms. The summed E-state index contributed by atoms with van der Waals surface area (Å²) in [6.07, 6.45) is 0.276. The van der Waals surface area contributed by atoms with Crippen LogP contribution >= 0.6 is 46.1 Å². The average molecular weight is 361 g/mol. The molecular formula is C14H8Cl3NO2S. The summed E-state index contributed by atoms with van der Waals surface area (Å²) in [7, 11) is 0. The molecule has 0 aliphatic carbocycles. The van der Waals surface area contributed by atoms with Crippen molar-refractivity contribution in [2.24, 2.45) is 0 Å². The Kier molecular flexibility index (Phi) is 3.97. The van der Waals surface area contributed by atoms with Crippen molar-refractivity contribution < 1.29 is 9.59 Å². The maximum Gasteiger partial charge on any atom is 0.231 e. The van der Waals surface area contributed by atoms with Crippen molar-refractivity contribution in [2.45, 2.75) is 6.42 Å². The summed E-state index contributed by atoms with van der Waals surface area (Å²) in [5.74, 6) is -0.373. The summed E-state index contributed by atoms with van der Waals surface area (Å²) in [5, 5.41) is 0.525. The van der Waals surface area contributed by atoms with E-state index in [1.807, 2.05) is 0 Å². The lowest BCUT2D eigenvalue weighted by molar-refractivity contribution is -0.117. The van der Waals surface area contributed by atoms with E-state index in [2.05, 4.69) is 0 Å². The number of hydrogen-bond acceptors (Lipinski definition) is 3. The van der Waals surface area contributed by atoms with Crippen LogP contribution in [0.4, 0.5) is 5.69 Å². The lowest BCUT2D eigenvalue weighted by Crippen LogP contribution is -2.32. The second-order valence-electron chi connectivity index (χ2n) is 4.59. The molecule has 3 rings (SSSR count). The molecule has 0 fully saturated rings. The van der Waals surface area contributed by atoms with Gasteiger partial charge in [0.2, 0.25) is 5.91 Å². The molecule has 0 saturated heterocycles. The average Bonchev–Trinajstić information content (AvgIpc) is 2.90. The summed E-state index contributed by atoms with van der Waals surface area (Å²) in [6, 6.07) is 6.75. The lowest BCUT2D eigenvalue weighted by atomic mass is 10.1. The van der Waals surface area contributed by atoms with Gasteiger partial charge in [-0.3, -0.25) is 9.59 Å². The number of nitrogens with zero attached hydrogens (tertiary/aromatic N) is 1. The molecule has 0 bridgehead atoms. The third-order valence-electron chi connectivity index (χ3n) is 3.24. The molecule has 3 nitrogen and oxygen atoms in total.